The molecule has 10 atom stereocenters. The van der Waals surface area contributed by atoms with Crippen LogP contribution in [0.5, 0.6) is 0 Å². The second-order valence-electron chi connectivity index (χ2n) is 14.8. The third-order valence-electron chi connectivity index (χ3n) is 9.85. The van der Waals surface area contributed by atoms with E-state index in [0.29, 0.717) is 68.8 Å². The van der Waals surface area contributed by atoms with Gasteiger partial charge in [-0.2, -0.15) is 0 Å². The van der Waals surface area contributed by atoms with Crippen molar-refractivity contribution in [3.8, 4) is 0 Å². The molecule has 0 bridgehead atoms. The first-order chi connectivity index (χ1) is 27.3. The molecule has 0 aromatic heterocycles. The molecule has 17 heteroatoms. The molecule has 0 spiro atoms. The van der Waals surface area contributed by atoms with Crippen LogP contribution in [0.2, 0.25) is 0 Å². The maximum Gasteiger partial charge on any atom is 0.302 e. The average Bonchev–Trinajstić information content (AvgIpc) is 3.54. The maximum absolute atomic E-state index is 11.6. The first kappa shape index (κ1) is 52.3. The molecule has 3 rings (SSSR count). The van der Waals surface area contributed by atoms with Crippen molar-refractivity contribution < 1.29 is 67.0 Å². The lowest BCUT2D eigenvalue weighted by Gasteiger charge is -2.44. The maximum atomic E-state index is 11.6. The van der Waals surface area contributed by atoms with E-state index in [0.717, 1.165) is 0 Å². The van der Waals surface area contributed by atoms with Gasteiger partial charge in [-0.15, -0.1) is 0 Å². The highest BCUT2D eigenvalue weighted by Gasteiger charge is 2.46. The van der Waals surface area contributed by atoms with Crippen LogP contribution >= 0.6 is 0 Å². The van der Waals surface area contributed by atoms with Crippen LogP contribution in [0.15, 0.2) is 29.3 Å². The van der Waals surface area contributed by atoms with E-state index < -0.39 is 6.29 Å². The van der Waals surface area contributed by atoms with Crippen LogP contribution in [0.4, 0.5) is 0 Å². The van der Waals surface area contributed by atoms with Gasteiger partial charge in [-0.3, -0.25) is 24.0 Å². The third kappa shape index (κ3) is 19.8. The zero-order chi connectivity index (χ0) is 43.9. The largest absolute Gasteiger partial charge is 0.463 e. The van der Waals surface area contributed by atoms with Crippen molar-refractivity contribution >= 4 is 35.4 Å². The number of carbonyl (C=O) groups excluding carboxylic acids is 5. The number of ether oxygens (including phenoxy) is 8. The molecule has 0 aromatic rings. The number of aliphatic hydroxyl groups excluding tert-OH is 1. The molecule has 2 fully saturated rings. The fraction of sp³-hybridized carbons (Fsp3) is 0.756. The molecule has 0 saturated carbocycles. The molecule has 2 saturated heterocycles. The van der Waals surface area contributed by atoms with Crippen molar-refractivity contribution in [1.29, 1.82) is 0 Å². The minimum absolute atomic E-state index is 0.00837. The Kier molecular flexibility index (Phi) is 25.1. The summed E-state index contributed by atoms with van der Waals surface area (Å²) < 4.78 is 43.7. The van der Waals surface area contributed by atoms with Gasteiger partial charge in [-0.1, -0.05) is 40.9 Å². The molecule has 332 valence electrons. The molecule has 0 aromatic carbocycles. The zero-order valence-corrected chi connectivity index (χ0v) is 36.2. The predicted octanol–water partition coefficient (Wildman–Crippen LogP) is 3.06. The molecular weight excluding hydrogens is 758 g/mol. The first-order valence-corrected chi connectivity index (χ1v) is 19.9. The van der Waals surface area contributed by atoms with Crippen LogP contribution < -0.4 is 10.6 Å². The fourth-order valence-electron chi connectivity index (χ4n) is 6.04. The number of hydrogen-bond donors (Lipinski definition) is 3. The lowest BCUT2D eigenvalue weighted by molar-refractivity contribution is -0.246. The van der Waals surface area contributed by atoms with Crippen LogP contribution in [0.25, 0.3) is 0 Å². The van der Waals surface area contributed by atoms with Gasteiger partial charge in [-0.05, 0) is 49.5 Å². The summed E-state index contributed by atoms with van der Waals surface area (Å²) in [5.74, 6) is 0.503. The highest BCUT2D eigenvalue weighted by Crippen LogP contribution is 2.36. The second-order valence-corrected chi connectivity index (χ2v) is 14.8. The van der Waals surface area contributed by atoms with Crippen molar-refractivity contribution in [3.05, 3.63) is 24.3 Å². The number of rotatable bonds is 20. The van der Waals surface area contributed by atoms with Gasteiger partial charge >= 0.3 is 11.9 Å². The number of nitrogens with one attached hydrogen (secondary N) is 2. The van der Waals surface area contributed by atoms with Gasteiger partial charge < -0.3 is 53.6 Å². The summed E-state index contributed by atoms with van der Waals surface area (Å²) in [6.07, 6.45) is -0.380. The Balaban J connectivity index is 0.000000487. The number of carbonyl (C=O) groups is 5. The molecule has 2 amide bonds. The zero-order valence-electron chi connectivity index (χ0n) is 36.2. The number of aliphatic imine (C=N–C) groups is 1. The van der Waals surface area contributed by atoms with Crippen molar-refractivity contribution in [3.63, 3.8) is 0 Å². The van der Waals surface area contributed by atoms with E-state index in [2.05, 4.69) is 42.6 Å². The molecule has 3 aliphatic rings. The average molecular weight is 828 g/mol. The summed E-state index contributed by atoms with van der Waals surface area (Å²) in [5, 5.41) is 13.8. The number of esters is 2. The monoisotopic (exact) mass is 827 g/mol. The number of allylic oxidation sites excluding steroid dienone is 1. The number of aliphatic hydroxyl groups is 1. The highest BCUT2D eigenvalue weighted by atomic mass is 16.7. The van der Waals surface area contributed by atoms with Crippen molar-refractivity contribution in [1.82, 2.24) is 10.6 Å². The second kappa shape index (κ2) is 27.9. The Hall–Kier alpha value is -3.74. The number of hydrogen-bond acceptors (Lipinski definition) is 15. The van der Waals surface area contributed by atoms with Crippen molar-refractivity contribution in [2.75, 3.05) is 59.4 Å². The van der Waals surface area contributed by atoms with E-state index in [1.54, 1.807) is 13.8 Å². The Morgan fingerprint density at radius 2 is 1.34 bits per heavy atom. The number of fused-ring (bicyclic) bond motifs is 1. The number of nitrogens with zero attached hydrogens (tertiary/aromatic N) is 1. The van der Waals surface area contributed by atoms with Gasteiger partial charge in [0.15, 0.2) is 18.0 Å². The van der Waals surface area contributed by atoms with E-state index in [1.165, 1.54) is 20.8 Å². The van der Waals surface area contributed by atoms with E-state index >= 15 is 0 Å². The van der Waals surface area contributed by atoms with Crippen LogP contribution in [0.3, 0.4) is 0 Å². The van der Waals surface area contributed by atoms with Crippen LogP contribution in [0, 0.1) is 23.7 Å². The Labute approximate surface area is 343 Å². The fourth-order valence-corrected chi connectivity index (χ4v) is 6.04. The Bertz CT molecular complexity index is 1370. The molecular formula is C41H69N3O14. The summed E-state index contributed by atoms with van der Waals surface area (Å²) in [6, 6.07) is -0.247. The quantitative estimate of drug-likeness (QED) is 0.0914. The van der Waals surface area contributed by atoms with Gasteiger partial charge in [-0.25, -0.2) is 4.99 Å². The molecule has 3 N–H and O–H groups in total. The van der Waals surface area contributed by atoms with Crippen LogP contribution in [-0.4, -0.2) is 137 Å². The van der Waals surface area contributed by atoms with Crippen molar-refractivity contribution in [2.45, 2.75) is 119 Å². The van der Waals surface area contributed by atoms with Gasteiger partial charge in [0.25, 0.3) is 0 Å². The van der Waals surface area contributed by atoms with E-state index in [1.807, 2.05) is 20.8 Å². The first-order valence-electron chi connectivity index (χ1n) is 19.9. The SMILES string of the molecule is C=C(C)C(=O)CCCOCCO[C@@H]1OC(COC(C)=O)[C@@H](C)[C@H](C)C1NC(C)=O.C=C(C)C(=O)NCCOCCO.CC(=O)OCC1O[C@@H]2OC(C)=NC2[C@@H](C)[C@@H]1C. The number of Topliss-reactive ketones (excluding diaryl/α,β-unsaturated/α-hetero) is 1. The third-order valence-corrected chi connectivity index (χ3v) is 9.85. The summed E-state index contributed by atoms with van der Waals surface area (Å²) in [5.41, 5.74) is 1.04. The van der Waals surface area contributed by atoms with E-state index in [-0.39, 0.29) is 104 Å². The molecule has 0 aliphatic carbocycles. The standard InChI is InChI=1S/C21H35NO7.C12H19NO4.C8H15NO3/c1-13(2)18(25)8-7-9-26-10-11-27-21-20(22-16(5)23)15(4)14(3)19(29-21)12-28-17(6)24;1-6-7(2)11-12(16-8(3)13-11)17-10(6)5-15-9(4)14;1-7(2)8(11)9-3-5-12-6-4-10/h14-15,19-21H,1,7-12H2,2-6H3,(H,22,23);6-7,10-12H,5H2,1-4H3;10H,1,3-6H2,2H3,(H,9,11)/t14-,15-,19?,20?,21+;6-,7-,10?,11?,12-;/m00./s1. The van der Waals surface area contributed by atoms with E-state index in [4.69, 9.17) is 43.0 Å². The summed E-state index contributed by atoms with van der Waals surface area (Å²) in [6.45, 7) is 27.4. The van der Waals surface area contributed by atoms with Gasteiger partial charge in [0, 0.05) is 52.8 Å². The molecule has 58 heavy (non-hydrogen) atoms. The molecule has 3 aliphatic heterocycles. The summed E-state index contributed by atoms with van der Waals surface area (Å²) in [7, 11) is 0. The normalized spacial score (nSPS) is 27.1. The Morgan fingerprint density at radius 1 is 0.759 bits per heavy atom. The lowest BCUT2D eigenvalue weighted by Crippen LogP contribution is -2.58. The van der Waals surface area contributed by atoms with Gasteiger partial charge in [0.05, 0.1) is 51.3 Å². The van der Waals surface area contributed by atoms with Gasteiger partial charge in [0.2, 0.25) is 18.1 Å². The topological polar surface area (TPSA) is 216 Å². The minimum atomic E-state index is -0.667. The summed E-state index contributed by atoms with van der Waals surface area (Å²) >= 11 is 0. The minimum Gasteiger partial charge on any atom is -0.463 e. The highest BCUT2D eigenvalue weighted by molar-refractivity contribution is 5.94. The Morgan fingerprint density at radius 3 is 1.90 bits per heavy atom. The molecule has 3 heterocycles. The van der Waals surface area contributed by atoms with Gasteiger partial charge in [0.1, 0.15) is 19.3 Å². The summed E-state index contributed by atoms with van der Waals surface area (Å²) in [4.78, 5) is 60.3. The molecule has 4 unspecified atom stereocenters. The van der Waals surface area contributed by atoms with Crippen LogP contribution in [-0.2, 0) is 61.9 Å². The molecule has 17 nitrogen and oxygen atoms in total. The number of ketones is 1. The predicted molar refractivity (Wildman–Crippen MR) is 214 cm³/mol. The number of amides is 2. The van der Waals surface area contributed by atoms with Crippen molar-refractivity contribution in [2.24, 2.45) is 28.7 Å². The van der Waals surface area contributed by atoms with Crippen LogP contribution in [0.1, 0.15) is 82.1 Å². The smallest absolute Gasteiger partial charge is 0.302 e. The molecule has 0 radical (unpaired) electrons. The van der Waals surface area contributed by atoms with E-state index in [9.17, 15) is 24.0 Å². The lowest BCUT2D eigenvalue weighted by atomic mass is 9.82.